The van der Waals surface area contributed by atoms with Crippen molar-refractivity contribution in [2.75, 3.05) is 0 Å². The van der Waals surface area contributed by atoms with Crippen LogP contribution in [0.1, 0.15) is 0 Å². The van der Waals surface area contributed by atoms with Gasteiger partial charge in [0.25, 0.3) is 0 Å². The highest BCUT2D eigenvalue weighted by atomic mass is 16.3. The molecule has 0 aliphatic carbocycles. The van der Waals surface area contributed by atoms with Crippen molar-refractivity contribution in [2.45, 2.75) is 0 Å². The Bertz CT molecular complexity index is 572. The highest BCUT2D eigenvalue weighted by Gasteiger charge is 2.06. The average molecular weight is 205 g/mol. The number of rotatable bonds is 1. The molecular formula is C9H7N3O3. The normalized spacial score (nSPS) is 10.1. The number of aromatic nitrogens is 3. The molecule has 2 rings (SSSR count). The minimum Gasteiger partial charge on any atom is -0.507 e. The topological polar surface area (TPSA) is 98.8 Å². The Morgan fingerprint density at radius 1 is 1.13 bits per heavy atom. The van der Waals surface area contributed by atoms with E-state index in [-0.39, 0.29) is 11.6 Å². The summed E-state index contributed by atoms with van der Waals surface area (Å²) in [6, 6.07) is 6.28. The molecule has 3 N–H and O–H groups in total. The van der Waals surface area contributed by atoms with Crippen molar-refractivity contribution in [3.05, 3.63) is 45.2 Å². The fraction of sp³-hybridized carbons (Fsp3) is 0. The lowest BCUT2D eigenvalue weighted by atomic mass is 10.2. The van der Waals surface area contributed by atoms with Crippen LogP contribution in [0.5, 0.6) is 5.75 Å². The maximum atomic E-state index is 11.0. The van der Waals surface area contributed by atoms with Crippen molar-refractivity contribution in [3.8, 4) is 17.1 Å². The number of hydrogen-bond acceptors (Lipinski definition) is 4. The van der Waals surface area contributed by atoms with E-state index >= 15 is 0 Å². The average Bonchev–Trinajstić information content (AvgIpc) is 2.16. The lowest BCUT2D eigenvalue weighted by molar-refractivity contribution is 0.477. The number of benzene rings is 1. The molecule has 0 amide bonds. The predicted molar refractivity (Wildman–Crippen MR) is 52.6 cm³/mol. The van der Waals surface area contributed by atoms with Crippen LogP contribution in [0.2, 0.25) is 0 Å². The van der Waals surface area contributed by atoms with Gasteiger partial charge in [0.15, 0.2) is 5.82 Å². The largest absolute Gasteiger partial charge is 0.507 e. The zero-order valence-corrected chi connectivity index (χ0v) is 7.52. The van der Waals surface area contributed by atoms with Crippen LogP contribution in [0, 0.1) is 0 Å². The molecule has 0 aliphatic heterocycles. The molecule has 6 heteroatoms. The van der Waals surface area contributed by atoms with E-state index < -0.39 is 11.4 Å². The summed E-state index contributed by atoms with van der Waals surface area (Å²) in [5, 5.41) is 9.47. The molecule has 0 unspecified atom stereocenters. The maximum absolute atomic E-state index is 11.0. The molecular weight excluding hydrogens is 198 g/mol. The van der Waals surface area contributed by atoms with E-state index in [2.05, 4.69) is 9.97 Å². The Kier molecular flexibility index (Phi) is 2.09. The lowest BCUT2D eigenvalue weighted by Crippen LogP contribution is -2.25. The molecule has 6 nitrogen and oxygen atoms in total. The summed E-state index contributed by atoms with van der Waals surface area (Å²) in [6.07, 6.45) is 0. The first-order chi connectivity index (χ1) is 7.16. The number of aromatic hydroxyl groups is 1. The Morgan fingerprint density at radius 3 is 2.53 bits per heavy atom. The van der Waals surface area contributed by atoms with Crippen molar-refractivity contribution >= 4 is 0 Å². The summed E-state index contributed by atoms with van der Waals surface area (Å²) in [5.41, 5.74) is -1.11. The van der Waals surface area contributed by atoms with Crippen LogP contribution in [-0.4, -0.2) is 20.1 Å². The molecule has 0 saturated heterocycles. The Hall–Kier alpha value is -2.37. The number of nitrogens with zero attached hydrogens (tertiary/aromatic N) is 1. The summed E-state index contributed by atoms with van der Waals surface area (Å²) in [7, 11) is 0. The van der Waals surface area contributed by atoms with Gasteiger partial charge in [-0.05, 0) is 12.1 Å². The van der Waals surface area contributed by atoms with Crippen LogP contribution in [0.15, 0.2) is 33.9 Å². The second-order valence-corrected chi connectivity index (χ2v) is 2.86. The van der Waals surface area contributed by atoms with Crippen LogP contribution in [0.25, 0.3) is 11.4 Å². The molecule has 0 spiro atoms. The van der Waals surface area contributed by atoms with E-state index in [1.54, 1.807) is 18.2 Å². The second kappa shape index (κ2) is 3.41. The molecule has 2 aromatic rings. The van der Waals surface area contributed by atoms with E-state index in [0.717, 1.165) is 0 Å². The van der Waals surface area contributed by atoms with Crippen molar-refractivity contribution in [1.29, 1.82) is 0 Å². The molecule has 0 bridgehead atoms. The van der Waals surface area contributed by atoms with Gasteiger partial charge >= 0.3 is 11.4 Å². The minimum atomic E-state index is -0.753. The fourth-order valence-corrected chi connectivity index (χ4v) is 1.19. The van der Waals surface area contributed by atoms with Crippen LogP contribution >= 0.6 is 0 Å². The van der Waals surface area contributed by atoms with Crippen LogP contribution in [0.4, 0.5) is 0 Å². The monoisotopic (exact) mass is 205 g/mol. The Balaban J connectivity index is 2.70. The van der Waals surface area contributed by atoms with Gasteiger partial charge in [-0.1, -0.05) is 12.1 Å². The van der Waals surface area contributed by atoms with E-state index in [4.69, 9.17) is 0 Å². The Labute approximate surface area is 83.3 Å². The number of nitrogens with one attached hydrogen (secondary N) is 2. The molecule has 0 aliphatic rings. The number of hydrogen-bond donors (Lipinski definition) is 3. The van der Waals surface area contributed by atoms with Gasteiger partial charge in [-0.25, -0.2) is 9.59 Å². The van der Waals surface area contributed by atoms with Gasteiger partial charge in [-0.15, -0.1) is 0 Å². The van der Waals surface area contributed by atoms with Gasteiger partial charge in [-0.3, -0.25) is 9.97 Å². The number of H-pyrrole nitrogens is 2. The highest BCUT2D eigenvalue weighted by Crippen LogP contribution is 2.23. The summed E-state index contributed by atoms with van der Waals surface area (Å²) in [5.74, 6) is -0.00639. The smallest absolute Gasteiger partial charge is 0.351 e. The molecule has 0 fully saturated rings. The third kappa shape index (κ3) is 1.78. The molecule has 0 saturated carbocycles. The zero-order chi connectivity index (χ0) is 10.8. The first kappa shape index (κ1) is 9.20. The predicted octanol–water partition coefficient (Wildman–Crippen LogP) is -0.169. The first-order valence-electron chi connectivity index (χ1n) is 4.16. The number of aromatic amines is 2. The Morgan fingerprint density at radius 2 is 1.87 bits per heavy atom. The van der Waals surface area contributed by atoms with Crippen molar-refractivity contribution in [1.82, 2.24) is 15.0 Å². The van der Waals surface area contributed by atoms with E-state index in [1.807, 2.05) is 4.98 Å². The standard InChI is InChI=1S/C9H7N3O3/c13-6-4-2-1-3-5(6)7-10-8(14)12-9(15)11-7/h1-4,13H,(H2,10,11,12,14,15). The molecule has 1 aromatic carbocycles. The fourth-order valence-electron chi connectivity index (χ4n) is 1.19. The van der Waals surface area contributed by atoms with Gasteiger partial charge in [0, 0.05) is 0 Å². The summed E-state index contributed by atoms with van der Waals surface area (Å²) in [6.45, 7) is 0. The maximum Gasteiger partial charge on any atom is 0.351 e. The van der Waals surface area contributed by atoms with Crippen molar-refractivity contribution in [3.63, 3.8) is 0 Å². The first-order valence-corrected chi connectivity index (χ1v) is 4.16. The van der Waals surface area contributed by atoms with Gasteiger partial charge < -0.3 is 5.11 Å². The molecule has 0 radical (unpaired) electrons. The van der Waals surface area contributed by atoms with Crippen LogP contribution in [-0.2, 0) is 0 Å². The molecule has 15 heavy (non-hydrogen) atoms. The molecule has 1 heterocycles. The van der Waals surface area contributed by atoms with Gasteiger partial charge in [0.2, 0.25) is 0 Å². The van der Waals surface area contributed by atoms with E-state index in [1.165, 1.54) is 6.07 Å². The van der Waals surface area contributed by atoms with Gasteiger partial charge in [-0.2, -0.15) is 4.98 Å². The minimum absolute atomic E-state index is 0.0434. The lowest BCUT2D eigenvalue weighted by Gasteiger charge is -2.01. The van der Waals surface area contributed by atoms with Crippen LogP contribution < -0.4 is 11.4 Å². The molecule has 1 aromatic heterocycles. The molecule has 76 valence electrons. The quantitative estimate of drug-likeness (QED) is 0.601. The summed E-state index contributed by atoms with van der Waals surface area (Å²) >= 11 is 0. The summed E-state index contributed by atoms with van der Waals surface area (Å²) in [4.78, 5) is 29.7. The number of phenolic OH excluding ortho intramolecular Hbond substituents is 1. The van der Waals surface area contributed by atoms with Crippen molar-refractivity contribution < 1.29 is 5.11 Å². The van der Waals surface area contributed by atoms with Crippen molar-refractivity contribution in [2.24, 2.45) is 0 Å². The van der Waals surface area contributed by atoms with E-state index in [9.17, 15) is 14.7 Å². The second-order valence-electron chi connectivity index (χ2n) is 2.86. The SMILES string of the molecule is O=c1nc(-c2ccccc2O)[nH]c(=O)[nH]1. The molecule has 0 atom stereocenters. The third-order valence-electron chi connectivity index (χ3n) is 1.82. The van der Waals surface area contributed by atoms with Gasteiger partial charge in [0.1, 0.15) is 5.75 Å². The number of phenols is 1. The third-order valence-corrected chi connectivity index (χ3v) is 1.82. The highest BCUT2D eigenvalue weighted by molar-refractivity contribution is 5.62. The summed E-state index contributed by atoms with van der Waals surface area (Å²) < 4.78 is 0. The van der Waals surface area contributed by atoms with Gasteiger partial charge in [0.05, 0.1) is 5.56 Å². The number of para-hydroxylation sites is 1. The van der Waals surface area contributed by atoms with E-state index in [0.29, 0.717) is 5.56 Å². The van der Waals surface area contributed by atoms with Crippen LogP contribution in [0.3, 0.4) is 0 Å². The zero-order valence-electron chi connectivity index (χ0n) is 7.52.